The fourth-order valence-corrected chi connectivity index (χ4v) is 1.59. The Bertz CT molecular complexity index is 376. The van der Waals surface area contributed by atoms with E-state index in [-0.39, 0.29) is 12.1 Å². The molecule has 0 fully saturated rings. The van der Waals surface area contributed by atoms with Gasteiger partial charge in [0.1, 0.15) is 5.75 Å². The first-order valence-electron chi connectivity index (χ1n) is 6.45. The van der Waals surface area contributed by atoms with Crippen molar-refractivity contribution in [2.75, 3.05) is 24.3 Å². The quantitative estimate of drug-likeness (QED) is 0.653. The van der Waals surface area contributed by atoms with Crippen molar-refractivity contribution in [1.29, 1.82) is 0 Å². The summed E-state index contributed by atoms with van der Waals surface area (Å²) in [4.78, 5) is 0. The Morgan fingerprint density at radius 2 is 2.06 bits per heavy atom. The molecule has 0 saturated carbocycles. The Kier molecular flexibility index (Phi) is 5.28. The van der Waals surface area contributed by atoms with Crippen molar-refractivity contribution in [2.45, 2.75) is 39.2 Å². The van der Waals surface area contributed by atoms with Crippen LogP contribution in [0.15, 0.2) is 18.2 Å². The van der Waals surface area contributed by atoms with Crippen LogP contribution in [0.25, 0.3) is 0 Å². The molecule has 0 heterocycles. The van der Waals surface area contributed by atoms with E-state index in [9.17, 15) is 5.11 Å². The second-order valence-electron chi connectivity index (χ2n) is 4.84. The molecule has 0 radical (unpaired) electrons. The number of aliphatic hydroxyl groups is 1. The van der Waals surface area contributed by atoms with Crippen LogP contribution in [-0.2, 0) is 0 Å². The van der Waals surface area contributed by atoms with E-state index in [0.717, 1.165) is 24.3 Å². The van der Waals surface area contributed by atoms with Gasteiger partial charge in [0.25, 0.3) is 0 Å². The number of nitrogens with one attached hydrogen (secondary N) is 1. The molecule has 0 spiro atoms. The predicted octanol–water partition coefficient (Wildman–Crippen LogP) is 2.63. The summed E-state index contributed by atoms with van der Waals surface area (Å²) < 4.78 is 5.58. The van der Waals surface area contributed by atoms with Gasteiger partial charge in [-0.25, -0.2) is 0 Å². The lowest BCUT2D eigenvalue weighted by Gasteiger charge is -2.28. The SMILES string of the molecule is CCCOc1cc(N)cc(NC(C)(CC)CO)c1. The number of hydrogen-bond acceptors (Lipinski definition) is 4. The standard InChI is InChI=1S/C14H24N2O2/c1-4-6-18-13-8-11(15)7-12(9-13)16-14(3,5-2)10-17/h7-9,16-17H,4-6,10,15H2,1-3H3. The van der Waals surface area contributed by atoms with Crippen LogP contribution in [0.2, 0.25) is 0 Å². The van der Waals surface area contributed by atoms with E-state index in [1.165, 1.54) is 0 Å². The molecule has 1 rings (SSSR count). The number of nitrogens with two attached hydrogens (primary N) is 1. The largest absolute Gasteiger partial charge is 0.493 e. The third kappa shape index (κ3) is 4.11. The highest BCUT2D eigenvalue weighted by Crippen LogP contribution is 2.26. The number of anilines is 2. The zero-order valence-corrected chi connectivity index (χ0v) is 11.5. The molecule has 1 aromatic rings. The van der Waals surface area contributed by atoms with Gasteiger partial charge in [0.15, 0.2) is 0 Å². The second kappa shape index (κ2) is 6.50. The molecular weight excluding hydrogens is 228 g/mol. The number of nitrogen functional groups attached to an aromatic ring is 1. The van der Waals surface area contributed by atoms with Gasteiger partial charge in [-0.05, 0) is 25.8 Å². The zero-order chi connectivity index (χ0) is 13.6. The van der Waals surface area contributed by atoms with Gasteiger partial charge in [0.2, 0.25) is 0 Å². The molecule has 1 unspecified atom stereocenters. The molecule has 1 aromatic carbocycles. The minimum Gasteiger partial charge on any atom is -0.493 e. The summed E-state index contributed by atoms with van der Waals surface area (Å²) in [5.74, 6) is 0.760. The summed E-state index contributed by atoms with van der Waals surface area (Å²) in [7, 11) is 0. The van der Waals surface area contributed by atoms with Crippen LogP contribution in [0.3, 0.4) is 0 Å². The van der Waals surface area contributed by atoms with E-state index >= 15 is 0 Å². The molecule has 0 saturated heterocycles. The lowest BCUT2D eigenvalue weighted by Crippen LogP contribution is -2.37. The highest BCUT2D eigenvalue weighted by atomic mass is 16.5. The molecule has 0 bridgehead atoms. The van der Waals surface area contributed by atoms with Gasteiger partial charge >= 0.3 is 0 Å². The Morgan fingerprint density at radius 1 is 1.33 bits per heavy atom. The summed E-state index contributed by atoms with van der Waals surface area (Å²) in [6.07, 6.45) is 1.78. The number of ether oxygens (including phenoxy) is 1. The molecule has 4 nitrogen and oxygen atoms in total. The average Bonchev–Trinajstić information content (AvgIpc) is 2.35. The van der Waals surface area contributed by atoms with Crippen molar-refractivity contribution < 1.29 is 9.84 Å². The van der Waals surface area contributed by atoms with Crippen molar-refractivity contribution in [3.63, 3.8) is 0 Å². The normalized spacial score (nSPS) is 14.0. The van der Waals surface area contributed by atoms with Crippen LogP contribution in [0.1, 0.15) is 33.6 Å². The number of aliphatic hydroxyl groups excluding tert-OH is 1. The van der Waals surface area contributed by atoms with Crippen molar-refractivity contribution >= 4 is 11.4 Å². The lowest BCUT2D eigenvalue weighted by molar-refractivity contribution is 0.219. The van der Waals surface area contributed by atoms with Crippen molar-refractivity contribution in [2.24, 2.45) is 0 Å². The third-order valence-electron chi connectivity index (χ3n) is 2.98. The van der Waals surface area contributed by atoms with Crippen molar-refractivity contribution in [3.8, 4) is 5.75 Å². The molecule has 0 aromatic heterocycles. The van der Waals surface area contributed by atoms with Gasteiger partial charge in [-0.1, -0.05) is 13.8 Å². The molecule has 18 heavy (non-hydrogen) atoms. The van der Waals surface area contributed by atoms with Gasteiger partial charge < -0.3 is 20.9 Å². The third-order valence-corrected chi connectivity index (χ3v) is 2.98. The molecule has 0 aliphatic carbocycles. The van der Waals surface area contributed by atoms with E-state index in [1.807, 2.05) is 32.0 Å². The number of benzene rings is 1. The summed E-state index contributed by atoms with van der Waals surface area (Å²) in [6, 6.07) is 5.57. The molecule has 102 valence electrons. The van der Waals surface area contributed by atoms with Gasteiger partial charge in [-0.15, -0.1) is 0 Å². The minimum atomic E-state index is -0.337. The van der Waals surface area contributed by atoms with E-state index in [2.05, 4.69) is 12.2 Å². The topological polar surface area (TPSA) is 67.5 Å². The van der Waals surface area contributed by atoms with E-state index in [1.54, 1.807) is 0 Å². The Morgan fingerprint density at radius 3 is 2.61 bits per heavy atom. The molecule has 0 aliphatic heterocycles. The molecule has 4 heteroatoms. The van der Waals surface area contributed by atoms with Gasteiger partial charge in [-0.2, -0.15) is 0 Å². The highest BCUT2D eigenvalue weighted by Gasteiger charge is 2.20. The second-order valence-corrected chi connectivity index (χ2v) is 4.84. The van der Waals surface area contributed by atoms with Crippen LogP contribution in [0.5, 0.6) is 5.75 Å². The molecular formula is C14H24N2O2. The van der Waals surface area contributed by atoms with Crippen LogP contribution >= 0.6 is 0 Å². The maximum absolute atomic E-state index is 9.40. The van der Waals surface area contributed by atoms with Gasteiger partial charge in [0.05, 0.1) is 18.8 Å². The molecule has 0 aliphatic rings. The smallest absolute Gasteiger partial charge is 0.123 e. The summed E-state index contributed by atoms with van der Waals surface area (Å²) in [5.41, 5.74) is 7.04. The first kappa shape index (κ1) is 14.6. The Hall–Kier alpha value is -1.42. The highest BCUT2D eigenvalue weighted by molar-refractivity contribution is 5.60. The van der Waals surface area contributed by atoms with E-state index < -0.39 is 0 Å². The summed E-state index contributed by atoms with van der Waals surface area (Å²) in [6.45, 7) is 6.82. The molecule has 0 amide bonds. The van der Waals surface area contributed by atoms with Crippen LogP contribution in [-0.4, -0.2) is 23.9 Å². The lowest BCUT2D eigenvalue weighted by atomic mass is 10.00. The molecule has 4 N–H and O–H groups in total. The van der Waals surface area contributed by atoms with Crippen LogP contribution < -0.4 is 15.8 Å². The number of rotatable bonds is 7. The van der Waals surface area contributed by atoms with E-state index in [0.29, 0.717) is 12.3 Å². The summed E-state index contributed by atoms with van der Waals surface area (Å²) in [5, 5.41) is 12.7. The van der Waals surface area contributed by atoms with Crippen molar-refractivity contribution in [3.05, 3.63) is 18.2 Å². The first-order chi connectivity index (χ1) is 8.53. The maximum atomic E-state index is 9.40. The number of hydrogen-bond donors (Lipinski definition) is 3. The van der Waals surface area contributed by atoms with Gasteiger partial charge in [0, 0.05) is 23.5 Å². The average molecular weight is 252 g/mol. The summed E-state index contributed by atoms with van der Waals surface area (Å²) >= 11 is 0. The van der Waals surface area contributed by atoms with Crippen LogP contribution in [0, 0.1) is 0 Å². The Balaban J connectivity index is 2.85. The zero-order valence-electron chi connectivity index (χ0n) is 11.5. The van der Waals surface area contributed by atoms with Crippen LogP contribution in [0.4, 0.5) is 11.4 Å². The maximum Gasteiger partial charge on any atom is 0.123 e. The Labute approximate surface area is 109 Å². The minimum absolute atomic E-state index is 0.0729. The monoisotopic (exact) mass is 252 g/mol. The first-order valence-corrected chi connectivity index (χ1v) is 6.45. The van der Waals surface area contributed by atoms with Gasteiger partial charge in [-0.3, -0.25) is 0 Å². The van der Waals surface area contributed by atoms with E-state index in [4.69, 9.17) is 10.5 Å². The van der Waals surface area contributed by atoms with Crippen molar-refractivity contribution in [1.82, 2.24) is 0 Å². The fourth-order valence-electron chi connectivity index (χ4n) is 1.59. The molecule has 1 atom stereocenters. The fraction of sp³-hybridized carbons (Fsp3) is 0.571. The predicted molar refractivity (Wildman–Crippen MR) is 76.0 cm³/mol.